The Kier molecular flexibility index (Phi) is 4.06. The zero-order valence-electron chi connectivity index (χ0n) is 11.2. The number of ether oxygens (including phenoxy) is 1. The van der Waals surface area contributed by atoms with Gasteiger partial charge in [0, 0.05) is 6.54 Å². The summed E-state index contributed by atoms with van der Waals surface area (Å²) in [4.78, 5) is 0. The molecule has 2 rings (SSSR count). The van der Waals surface area contributed by atoms with Crippen molar-refractivity contribution in [2.45, 2.75) is 39.7 Å². The minimum atomic E-state index is 0.797. The lowest BCUT2D eigenvalue weighted by Gasteiger charge is -2.26. The molecule has 1 aromatic carbocycles. The molecule has 0 radical (unpaired) electrons. The monoisotopic (exact) mass is 233 g/mol. The first-order valence-corrected chi connectivity index (χ1v) is 6.58. The molecule has 0 heterocycles. The Balaban J connectivity index is 2.04. The molecular formula is C15H23NO. The zero-order chi connectivity index (χ0) is 12.3. The number of nitrogens with one attached hydrogen (secondary N) is 1. The van der Waals surface area contributed by atoms with E-state index < -0.39 is 0 Å². The van der Waals surface area contributed by atoms with E-state index in [4.69, 9.17) is 4.74 Å². The Bertz CT molecular complexity index is 360. The lowest BCUT2D eigenvalue weighted by molar-refractivity contribution is 0.179. The third kappa shape index (κ3) is 3.01. The Morgan fingerprint density at radius 2 is 1.88 bits per heavy atom. The highest BCUT2D eigenvalue weighted by Gasteiger charge is 2.18. The smallest absolute Gasteiger partial charge is 0.125 e. The molecule has 0 aromatic heterocycles. The molecule has 0 aliphatic heterocycles. The zero-order valence-corrected chi connectivity index (χ0v) is 11.2. The first-order chi connectivity index (χ1) is 8.20. The van der Waals surface area contributed by atoms with Gasteiger partial charge in [-0.25, -0.2) is 0 Å². The van der Waals surface area contributed by atoms with Gasteiger partial charge in [-0.15, -0.1) is 0 Å². The largest absolute Gasteiger partial charge is 0.493 e. The van der Waals surface area contributed by atoms with Crippen LogP contribution in [0.4, 0.5) is 0 Å². The molecule has 0 atom stereocenters. The number of aryl methyl sites for hydroxylation is 2. The van der Waals surface area contributed by atoms with Gasteiger partial charge in [0.05, 0.1) is 6.61 Å². The van der Waals surface area contributed by atoms with Crippen molar-refractivity contribution in [3.63, 3.8) is 0 Å². The first-order valence-electron chi connectivity index (χ1n) is 6.58. The summed E-state index contributed by atoms with van der Waals surface area (Å²) in [7, 11) is 1.98. The molecule has 2 heteroatoms. The summed E-state index contributed by atoms with van der Waals surface area (Å²) in [6.45, 7) is 6.10. The molecule has 0 spiro atoms. The minimum absolute atomic E-state index is 0.797. The number of hydrogen-bond acceptors (Lipinski definition) is 2. The summed E-state index contributed by atoms with van der Waals surface area (Å²) in [5, 5.41) is 3.19. The van der Waals surface area contributed by atoms with Crippen molar-refractivity contribution in [3.8, 4) is 5.75 Å². The molecule has 1 aromatic rings. The van der Waals surface area contributed by atoms with Crippen molar-refractivity contribution >= 4 is 0 Å². The van der Waals surface area contributed by atoms with E-state index >= 15 is 0 Å². The molecule has 1 fully saturated rings. The maximum absolute atomic E-state index is 5.98. The highest BCUT2D eigenvalue weighted by atomic mass is 16.5. The summed E-state index contributed by atoms with van der Waals surface area (Å²) in [5.74, 6) is 1.89. The third-order valence-corrected chi connectivity index (χ3v) is 3.59. The van der Waals surface area contributed by atoms with Crippen LogP contribution in [0.5, 0.6) is 5.75 Å². The van der Waals surface area contributed by atoms with Crippen LogP contribution in [0.25, 0.3) is 0 Å². The van der Waals surface area contributed by atoms with E-state index in [9.17, 15) is 0 Å². The lowest BCUT2D eigenvalue weighted by Crippen LogP contribution is -2.20. The molecule has 1 aliphatic rings. The van der Waals surface area contributed by atoms with E-state index in [1.807, 2.05) is 7.05 Å². The fourth-order valence-electron chi connectivity index (χ4n) is 2.43. The van der Waals surface area contributed by atoms with E-state index in [0.717, 1.165) is 24.8 Å². The molecular weight excluding hydrogens is 210 g/mol. The number of rotatable bonds is 5. The summed E-state index contributed by atoms with van der Waals surface area (Å²) < 4.78 is 5.98. The minimum Gasteiger partial charge on any atom is -0.493 e. The molecule has 1 aliphatic carbocycles. The SMILES string of the molecule is CNCc1cc(C)c(OCC2CCC2)c(C)c1. The normalized spacial score (nSPS) is 15.7. The van der Waals surface area contributed by atoms with Gasteiger partial charge in [-0.1, -0.05) is 18.6 Å². The van der Waals surface area contributed by atoms with E-state index in [2.05, 4.69) is 31.3 Å². The van der Waals surface area contributed by atoms with Gasteiger partial charge in [-0.2, -0.15) is 0 Å². The topological polar surface area (TPSA) is 21.3 Å². The van der Waals surface area contributed by atoms with Crippen molar-refractivity contribution in [2.75, 3.05) is 13.7 Å². The van der Waals surface area contributed by atoms with E-state index in [-0.39, 0.29) is 0 Å². The Labute approximate surface area is 104 Å². The molecule has 0 unspecified atom stereocenters. The Morgan fingerprint density at radius 1 is 1.24 bits per heavy atom. The molecule has 0 amide bonds. The number of benzene rings is 1. The van der Waals surface area contributed by atoms with Gasteiger partial charge < -0.3 is 10.1 Å². The fourth-order valence-corrected chi connectivity index (χ4v) is 2.43. The van der Waals surface area contributed by atoms with Gasteiger partial charge in [0.2, 0.25) is 0 Å². The lowest BCUT2D eigenvalue weighted by atomic mass is 9.86. The van der Waals surface area contributed by atoms with Crippen LogP contribution in [-0.4, -0.2) is 13.7 Å². The first kappa shape index (κ1) is 12.4. The summed E-state index contributed by atoms with van der Waals surface area (Å²) in [6.07, 6.45) is 4.07. The second-order valence-corrected chi connectivity index (χ2v) is 5.20. The molecule has 1 saturated carbocycles. The standard InChI is InChI=1S/C15H23NO/c1-11-7-14(9-16-3)8-12(2)15(11)17-10-13-5-4-6-13/h7-8,13,16H,4-6,9-10H2,1-3H3. The van der Waals surface area contributed by atoms with Crippen LogP contribution < -0.4 is 10.1 Å². The second-order valence-electron chi connectivity index (χ2n) is 5.20. The molecule has 0 bridgehead atoms. The fraction of sp³-hybridized carbons (Fsp3) is 0.600. The second kappa shape index (κ2) is 5.54. The van der Waals surface area contributed by atoms with Crippen LogP contribution in [-0.2, 0) is 6.54 Å². The highest BCUT2D eigenvalue weighted by molar-refractivity contribution is 5.43. The van der Waals surface area contributed by atoms with Gasteiger partial charge >= 0.3 is 0 Å². The quantitative estimate of drug-likeness (QED) is 0.843. The van der Waals surface area contributed by atoms with E-state index in [1.165, 1.54) is 36.0 Å². The summed E-state index contributed by atoms with van der Waals surface area (Å²) in [6, 6.07) is 4.44. The molecule has 0 saturated heterocycles. The number of hydrogen-bond donors (Lipinski definition) is 1. The van der Waals surface area contributed by atoms with Crippen molar-refractivity contribution in [1.29, 1.82) is 0 Å². The Hall–Kier alpha value is -1.02. The average Bonchev–Trinajstić information content (AvgIpc) is 2.20. The van der Waals surface area contributed by atoms with Gasteiger partial charge in [0.25, 0.3) is 0 Å². The van der Waals surface area contributed by atoms with Crippen LogP contribution in [0.15, 0.2) is 12.1 Å². The van der Waals surface area contributed by atoms with Gasteiger partial charge in [0.1, 0.15) is 5.75 Å². The molecule has 94 valence electrons. The van der Waals surface area contributed by atoms with Crippen molar-refractivity contribution in [3.05, 3.63) is 28.8 Å². The van der Waals surface area contributed by atoms with Crippen LogP contribution >= 0.6 is 0 Å². The predicted molar refractivity (Wildman–Crippen MR) is 71.5 cm³/mol. The van der Waals surface area contributed by atoms with Gasteiger partial charge in [0.15, 0.2) is 0 Å². The average molecular weight is 233 g/mol. The maximum atomic E-state index is 5.98. The van der Waals surface area contributed by atoms with Crippen LogP contribution in [0.1, 0.15) is 36.0 Å². The summed E-state index contributed by atoms with van der Waals surface area (Å²) >= 11 is 0. The predicted octanol–water partition coefficient (Wildman–Crippen LogP) is 3.20. The molecule has 1 N–H and O–H groups in total. The summed E-state index contributed by atoms with van der Waals surface area (Å²) in [5.41, 5.74) is 3.85. The van der Waals surface area contributed by atoms with Gasteiger partial charge in [-0.05, 0) is 56.3 Å². The van der Waals surface area contributed by atoms with E-state index in [1.54, 1.807) is 0 Å². The molecule has 2 nitrogen and oxygen atoms in total. The van der Waals surface area contributed by atoms with Crippen LogP contribution in [0.3, 0.4) is 0 Å². The van der Waals surface area contributed by atoms with Crippen molar-refractivity contribution < 1.29 is 4.74 Å². The Morgan fingerprint density at radius 3 is 2.35 bits per heavy atom. The molecule has 17 heavy (non-hydrogen) atoms. The van der Waals surface area contributed by atoms with Crippen molar-refractivity contribution in [1.82, 2.24) is 5.32 Å². The van der Waals surface area contributed by atoms with E-state index in [0.29, 0.717) is 0 Å². The van der Waals surface area contributed by atoms with Crippen LogP contribution in [0, 0.1) is 19.8 Å². The maximum Gasteiger partial charge on any atom is 0.125 e. The third-order valence-electron chi connectivity index (χ3n) is 3.59. The highest BCUT2D eigenvalue weighted by Crippen LogP contribution is 2.30. The van der Waals surface area contributed by atoms with Gasteiger partial charge in [-0.3, -0.25) is 0 Å². The van der Waals surface area contributed by atoms with Crippen molar-refractivity contribution in [2.24, 2.45) is 5.92 Å². The van der Waals surface area contributed by atoms with Crippen LogP contribution in [0.2, 0.25) is 0 Å².